The van der Waals surface area contributed by atoms with Crippen LogP contribution in [0.15, 0.2) is 47.4 Å². The van der Waals surface area contributed by atoms with Gasteiger partial charge in [0.15, 0.2) is 0 Å². The number of ether oxygens (including phenoxy) is 1. The van der Waals surface area contributed by atoms with Crippen LogP contribution in [0.4, 0.5) is 0 Å². The van der Waals surface area contributed by atoms with Crippen LogP contribution >= 0.6 is 34.8 Å². The number of aliphatic carboxylic acids is 1. The van der Waals surface area contributed by atoms with Crippen LogP contribution < -0.4 is 69.0 Å². The molecule has 26 heavy (non-hydrogen) atoms. The monoisotopic (exact) mass is 456 g/mol. The molecule has 0 heterocycles. The van der Waals surface area contributed by atoms with Gasteiger partial charge in [-0.1, -0.05) is 53.0 Å². The van der Waals surface area contributed by atoms with Crippen molar-refractivity contribution in [1.82, 2.24) is 0 Å². The average molecular weight is 458 g/mol. The number of benzene rings is 2. The standard InChI is InChI=1S/C8H5Cl3O3.C6H6O3S.2Na/c9-4-1-6(11)7(2-5(4)10)14-3-8(12)13;7-10(8,9)6-4-2-1-3-5-6;;/h1-2H,3H2,(H,12,13);1-5H,(H,7,8,9);;/q;;2*+1/p-2. The Labute approximate surface area is 210 Å². The first-order valence-corrected chi connectivity index (χ1v) is 8.63. The minimum absolute atomic E-state index is 0. The van der Waals surface area contributed by atoms with Crippen LogP contribution in [0.3, 0.4) is 0 Å². The zero-order valence-electron chi connectivity index (χ0n) is 13.7. The van der Waals surface area contributed by atoms with Crippen molar-refractivity contribution in [1.29, 1.82) is 0 Å². The Bertz CT molecular complexity index is 819. The predicted octanol–water partition coefficient (Wildman–Crippen LogP) is -3.63. The molecular weight excluding hydrogens is 449 g/mol. The molecule has 0 bridgehead atoms. The van der Waals surface area contributed by atoms with E-state index < -0.39 is 22.7 Å². The fraction of sp³-hybridized carbons (Fsp3) is 0.0714. The molecule has 2 rings (SSSR count). The van der Waals surface area contributed by atoms with Gasteiger partial charge in [0.05, 0.1) is 25.9 Å². The zero-order chi connectivity index (χ0) is 18.3. The van der Waals surface area contributed by atoms with Crippen molar-refractivity contribution < 1.29 is 86.7 Å². The van der Waals surface area contributed by atoms with Gasteiger partial charge in [0.2, 0.25) is 0 Å². The second-order valence-electron chi connectivity index (χ2n) is 4.12. The summed E-state index contributed by atoms with van der Waals surface area (Å²) in [6.07, 6.45) is 0. The van der Waals surface area contributed by atoms with Crippen LogP contribution in [0.25, 0.3) is 0 Å². The Balaban J connectivity index is 0. The molecule has 6 nitrogen and oxygen atoms in total. The van der Waals surface area contributed by atoms with E-state index in [1.165, 1.54) is 36.4 Å². The molecule has 0 unspecified atom stereocenters. The van der Waals surface area contributed by atoms with Crippen molar-refractivity contribution in [3.05, 3.63) is 57.5 Å². The topological polar surface area (TPSA) is 107 Å². The van der Waals surface area contributed by atoms with Crippen molar-refractivity contribution in [2.24, 2.45) is 0 Å². The molecule has 0 saturated carbocycles. The second kappa shape index (κ2) is 13.6. The van der Waals surface area contributed by atoms with E-state index in [1.54, 1.807) is 6.07 Å². The Kier molecular flexibility index (Phi) is 15.0. The van der Waals surface area contributed by atoms with Gasteiger partial charge in [0.25, 0.3) is 0 Å². The summed E-state index contributed by atoms with van der Waals surface area (Å²) in [5, 5.41) is 10.8. The van der Waals surface area contributed by atoms with Crippen LogP contribution in [0.2, 0.25) is 15.1 Å². The first kappa shape index (κ1) is 28.7. The minimum Gasteiger partial charge on any atom is -0.744 e. The van der Waals surface area contributed by atoms with Crippen molar-refractivity contribution in [2.45, 2.75) is 4.90 Å². The minimum atomic E-state index is -4.25. The molecule has 130 valence electrons. The Morgan fingerprint density at radius 1 is 0.962 bits per heavy atom. The Morgan fingerprint density at radius 2 is 1.46 bits per heavy atom. The number of halogens is 3. The summed E-state index contributed by atoms with van der Waals surface area (Å²) >= 11 is 17.0. The quantitative estimate of drug-likeness (QED) is 0.267. The van der Waals surface area contributed by atoms with Gasteiger partial charge in [0, 0.05) is 6.07 Å². The maximum absolute atomic E-state index is 10.3. The zero-order valence-corrected chi connectivity index (χ0v) is 20.8. The van der Waals surface area contributed by atoms with Gasteiger partial charge in [-0.05, 0) is 18.2 Å². The normalized spacial score (nSPS) is 9.69. The van der Waals surface area contributed by atoms with Gasteiger partial charge in [-0.2, -0.15) is 0 Å². The maximum Gasteiger partial charge on any atom is 1.00 e. The molecule has 0 radical (unpaired) electrons. The van der Waals surface area contributed by atoms with Crippen LogP contribution in [0.1, 0.15) is 0 Å². The maximum atomic E-state index is 10.3. The summed E-state index contributed by atoms with van der Waals surface area (Å²) in [5.41, 5.74) is 0. The third kappa shape index (κ3) is 10.7. The molecule has 0 spiro atoms. The van der Waals surface area contributed by atoms with E-state index in [0.717, 1.165) is 0 Å². The Hall–Kier alpha value is 0.490. The number of rotatable bonds is 4. The summed E-state index contributed by atoms with van der Waals surface area (Å²) in [4.78, 5) is 9.91. The summed E-state index contributed by atoms with van der Waals surface area (Å²) in [6.45, 7) is -0.586. The molecule has 0 atom stereocenters. The average Bonchev–Trinajstić information content (AvgIpc) is 2.50. The molecule has 2 aromatic carbocycles. The number of carbonyl (C=O) groups excluding carboxylic acids is 1. The van der Waals surface area contributed by atoms with Crippen LogP contribution in [0, 0.1) is 0 Å². The molecule has 12 heteroatoms. The molecule has 0 aliphatic heterocycles. The molecule has 0 amide bonds. The number of hydrogen-bond donors (Lipinski definition) is 0. The van der Waals surface area contributed by atoms with Gasteiger partial charge < -0.3 is 19.2 Å². The van der Waals surface area contributed by atoms with E-state index >= 15 is 0 Å². The first-order valence-electron chi connectivity index (χ1n) is 6.09. The van der Waals surface area contributed by atoms with Crippen LogP contribution in [-0.4, -0.2) is 25.5 Å². The largest absolute Gasteiger partial charge is 1.00 e. The third-order valence-corrected chi connectivity index (χ3v) is 4.22. The molecular formula is C14H9Cl3Na2O6S. The summed E-state index contributed by atoms with van der Waals surface area (Å²) < 4.78 is 35.6. The van der Waals surface area contributed by atoms with Gasteiger partial charge in [0.1, 0.15) is 22.5 Å². The van der Waals surface area contributed by atoms with Crippen LogP contribution in [-0.2, 0) is 14.9 Å². The van der Waals surface area contributed by atoms with E-state index in [-0.39, 0.29) is 84.8 Å². The SMILES string of the molecule is O=C([O-])COc1cc(Cl)c(Cl)cc1Cl.O=S(=O)([O-])c1ccccc1.[Na+].[Na+]. The molecule has 0 aliphatic carbocycles. The second-order valence-corrected chi connectivity index (χ2v) is 6.73. The molecule has 2 aromatic rings. The summed E-state index contributed by atoms with van der Waals surface area (Å²) in [6, 6.07) is 9.90. The summed E-state index contributed by atoms with van der Waals surface area (Å²) in [7, 11) is -4.25. The van der Waals surface area contributed by atoms with Crippen LogP contribution in [0.5, 0.6) is 5.75 Å². The third-order valence-electron chi connectivity index (χ3n) is 2.35. The van der Waals surface area contributed by atoms with E-state index in [9.17, 15) is 22.9 Å². The molecule has 0 fully saturated rings. The van der Waals surface area contributed by atoms with E-state index in [2.05, 4.69) is 0 Å². The molecule has 0 N–H and O–H groups in total. The number of carboxylic acid groups (broad SMARTS) is 1. The number of carbonyl (C=O) groups is 1. The van der Waals surface area contributed by atoms with Gasteiger partial charge >= 0.3 is 59.1 Å². The molecule has 0 aromatic heterocycles. The fourth-order valence-corrected chi connectivity index (χ4v) is 2.42. The number of hydrogen-bond acceptors (Lipinski definition) is 6. The van der Waals surface area contributed by atoms with E-state index in [0.29, 0.717) is 0 Å². The van der Waals surface area contributed by atoms with Crippen molar-refractivity contribution in [3.63, 3.8) is 0 Å². The van der Waals surface area contributed by atoms with Crippen molar-refractivity contribution >= 4 is 50.9 Å². The Morgan fingerprint density at radius 3 is 1.88 bits per heavy atom. The molecule has 0 saturated heterocycles. The predicted molar refractivity (Wildman–Crippen MR) is 86.4 cm³/mol. The van der Waals surface area contributed by atoms with Crippen molar-refractivity contribution in [3.8, 4) is 5.75 Å². The smallest absolute Gasteiger partial charge is 0.744 e. The fourth-order valence-electron chi connectivity index (χ4n) is 1.34. The summed E-state index contributed by atoms with van der Waals surface area (Å²) in [5.74, 6) is -1.18. The van der Waals surface area contributed by atoms with Gasteiger partial charge in [-0.3, -0.25) is 0 Å². The van der Waals surface area contributed by atoms with Gasteiger partial charge in [-0.25, -0.2) is 8.42 Å². The van der Waals surface area contributed by atoms with Crippen molar-refractivity contribution in [2.75, 3.05) is 6.61 Å². The molecule has 0 aliphatic rings. The van der Waals surface area contributed by atoms with Gasteiger partial charge in [-0.15, -0.1) is 0 Å². The first-order chi connectivity index (χ1) is 11.1. The van der Waals surface area contributed by atoms with E-state index in [1.807, 2.05) is 0 Å². The van der Waals surface area contributed by atoms with E-state index in [4.69, 9.17) is 39.5 Å². The number of carboxylic acids is 1.